The molecule has 1 N–H and O–H groups in total. The lowest BCUT2D eigenvalue weighted by Gasteiger charge is -2.60. The third kappa shape index (κ3) is 3.91. The minimum atomic E-state index is -4.45. The Bertz CT molecular complexity index is 1420. The summed E-state index contributed by atoms with van der Waals surface area (Å²) in [6.45, 7) is 4.46. The van der Waals surface area contributed by atoms with E-state index in [2.05, 4.69) is 24.1 Å². The summed E-state index contributed by atoms with van der Waals surface area (Å²) < 4.78 is 55.8. The number of alkyl halides is 3. The van der Waals surface area contributed by atoms with Crippen molar-refractivity contribution in [3.8, 4) is 0 Å². The van der Waals surface area contributed by atoms with Crippen LogP contribution in [0.2, 0.25) is 0 Å². The standard InChI is InChI=1S/C30H36F4N4O2/c1-28-12-11-19-17(6-10-24-29(19,2)14-21(31)27(40)38(24)4)18(28)7-8-20(28)26(39)35-15-25-36-22-13-16(30(32,33)34)5-9-23(22)37(25)3/h5,9,13-14,17-20,24H,6-8,10-12,15H2,1-4H3,(H,35,39)/t17?,18-,19?,20+,24+,28-,29+/m0/s1. The summed E-state index contributed by atoms with van der Waals surface area (Å²) in [6.07, 6.45) is 2.39. The van der Waals surface area contributed by atoms with Gasteiger partial charge in [-0.05, 0) is 86.0 Å². The number of nitrogens with one attached hydrogen (secondary N) is 1. The first-order valence-corrected chi connectivity index (χ1v) is 14.2. The fraction of sp³-hybridized carbons (Fsp3) is 0.633. The summed E-state index contributed by atoms with van der Waals surface area (Å²) in [7, 11) is 3.45. The maximum absolute atomic E-state index is 14.7. The molecule has 2 aromatic rings. The molecule has 0 saturated heterocycles. The van der Waals surface area contributed by atoms with Gasteiger partial charge in [-0.25, -0.2) is 9.37 Å². The minimum Gasteiger partial charge on any atom is -0.349 e. The van der Waals surface area contributed by atoms with E-state index < -0.39 is 28.9 Å². The van der Waals surface area contributed by atoms with Gasteiger partial charge in [0.2, 0.25) is 5.91 Å². The quantitative estimate of drug-likeness (QED) is 0.486. The van der Waals surface area contributed by atoms with Crippen LogP contribution < -0.4 is 5.32 Å². The molecule has 40 heavy (non-hydrogen) atoms. The van der Waals surface area contributed by atoms with E-state index >= 15 is 0 Å². The second kappa shape index (κ2) is 9.05. The van der Waals surface area contributed by atoms with Gasteiger partial charge in [0.1, 0.15) is 5.82 Å². The number of fused-ring (bicyclic) bond motifs is 6. The molecule has 7 atom stereocenters. The second-order valence-electron chi connectivity index (χ2n) is 12.9. The zero-order valence-electron chi connectivity index (χ0n) is 23.3. The van der Waals surface area contributed by atoms with E-state index in [4.69, 9.17) is 0 Å². The Morgan fingerprint density at radius 1 is 1.10 bits per heavy atom. The maximum Gasteiger partial charge on any atom is 0.416 e. The molecule has 3 saturated carbocycles. The summed E-state index contributed by atoms with van der Waals surface area (Å²) in [5.41, 5.74) is -0.516. The maximum atomic E-state index is 14.7. The average molecular weight is 561 g/mol. The fourth-order valence-electron chi connectivity index (χ4n) is 9.13. The lowest BCUT2D eigenvalue weighted by molar-refractivity contribution is -0.145. The number of rotatable bonds is 3. The zero-order valence-corrected chi connectivity index (χ0v) is 23.3. The molecular weight excluding hydrogens is 524 g/mol. The number of likely N-dealkylation sites (N-methyl/N-ethyl adjacent to an activating group) is 1. The number of carbonyl (C=O) groups is 2. The number of nitrogens with zero attached hydrogens (tertiary/aromatic N) is 3. The molecule has 0 bridgehead atoms. The molecule has 1 aromatic carbocycles. The molecule has 1 aromatic heterocycles. The fourth-order valence-corrected chi connectivity index (χ4v) is 9.13. The summed E-state index contributed by atoms with van der Waals surface area (Å²) in [4.78, 5) is 31.9. The molecule has 2 unspecified atom stereocenters. The van der Waals surface area contributed by atoms with Crippen molar-refractivity contribution in [3.63, 3.8) is 0 Å². The number of carbonyl (C=O) groups excluding carboxylic acids is 2. The van der Waals surface area contributed by atoms with Crippen molar-refractivity contribution in [2.45, 2.75) is 71.1 Å². The number of amides is 2. The molecule has 1 aliphatic heterocycles. The predicted molar refractivity (Wildman–Crippen MR) is 141 cm³/mol. The van der Waals surface area contributed by atoms with Crippen LogP contribution in [0.1, 0.15) is 63.8 Å². The number of hydrogen-bond donors (Lipinski definition) is 1. The third-order valence-electron chi connectivity index (χ3n) is 11.2. The van der Waals surface area contributed by atoms with Crippen molar-refractivity contribution in [1.29, 1.82) is 0 Å². The first kappa shape index (κ1) is 27.3. The van der Waals surface area contributed by atoms with E-state index in [1.54, 1.807) is 29.6 Å². The predicted octanol–water partition coefficient (Wildman–Crippen LogP) is 5.76. The van der Waals surface area contributed by atoms with Crippen molar-refractivity contribution in [3.05, 3.63) is 41.5 Å². The summed E-state index contributed by atoms with van der Waals surface area (Å²) in [6, 6.07) is 3.49. The molecular formula is C30H36F4N4O2. The van der Waals surface area contributed by atoms with Gasteiger partial charge in [-0.3, -0.25) is 9.59 Å². The number of aryl methyl sites for hydroxylation is 1. The van der Waals surface area contributed by atoms with Crippen LogP contribution in [0.3, 0.4) is 0 Å². The largest absolute Gasteiger partial charge is 0.416 e. The lowest BCUT2D eigenvalue weighted by Crippen LogP contribution is -2.60. The van der Waals surface area contributed by atoms with Gasteiger partial charge in [0, 0.05) is 31.5 Å². The Balaban J connectivity index is 1.18. The van der Waals surface area contributed by atoms with E-state index in [0.717, 1.165) is 50.7 Å². The van der Waals surface area contributed by atoms with Crippen LogP contribution in [0.4, 0.5) is 17.6 Å². The first-order valence-electron chi connectivity index (χ1n) is 14.2. The Morgan fingerprint density at radius 3 is 2.58 bits per heavy atom. The zero-order chi connectivity index (χ0) is 28.8. The first-order chi connectivity index (χ1) is 18.8. The average Bonchev–Trinajstić information content (AvgIpc) is 3.41. The highest BCUT2D eigenvalue weighted by Gasteiger charge is 2.62. The molecule has 0 radical (unpaired) electrons. The minimum absolute atomic E-state index is 0.00823. The van der Waals surface area contributed by atoms with Crippen LogP contribution in [-0.4, -0.2) is 39.4 Å². The highest BCUT2D eigenvalue weighted by Crippen LogP contribution is 2.65. The van der Waals surface area contributed by atoms with Crippen LogP contribution in [-0.2, 0) is 29.4 Å². The van der Waals surface area contributed by atoms with Crippen molar-refractivity contribution in [2.75, 3.05) is 7.05 Å². The van der Waals surface area contributed by atoms with Gasteiger partial charge in [-0.2, -0.15) is 13.2 Å². The summed E-state index contributed by atoms with van der Waals surface area (Å²) in [5.74, 6) is 0.0766. The van der Waals surface area contributed by atoms with E-state index in [1.807, 2.05) is 0 Å². The van der Waals surface area contributed by atoms with Gasteiger partial charge in [-0.15, -0.1) is 0 Å². The molecule has 216 valence electrons. The van der Waals surface area contributed by atoms with Crippen molar-refractivity contribution in [2.24, 2.45) is 41.5 Å². The molecule has 6 nitrogen and oxygen atoms in total. The monoisotopic (exact) mass is 560 g/mol. The number of benzene rings is 1. The van der Waals surface area contributed by atoms with Crippen molar-refractivity contribution in [1.82, 2.24) is 19.8 Å². The van der Waals surface area contributed by atoms with Gasteiger partial charge in [0.15, 0.2) is 5.83 Å². The van der Waals surface area contributed by atoms with E-state index in [-0.39, 0.29) is 41.3 Å². The molecule has 0 spiro atoms. The Kier molecular flexibility index (Phi) is 6.17. The molecule has 6 rings (SSSR count). The SMILES string of the molecule is CN1C(=O)C(F)=C[C@]2(C)C3CC[C@]4(C)[C@@H](C(=O)NCc5nc6cc(C(F)(F)F)ccc6n5C)CC[C@H]4C3CC[C@@H]12. The summed E-state index contributed by atoms with van der Waals surface area (Å²) >= 11 is 0. The summed E-state index contributed by atoms with van der Waals surface area (Å²) in [5, 5.41) is 3.04. The molecule has 4 aliphatic rings. The number of imidazole rings is 1. The molecule has 10 heteroatoms. The molecule has 2 heterocycles. The van der Waals surface area contributed by atoms with Crippen LogP contribution in [0.15, 0.2) is 30.1 Å². The van der Waals surface area contributed by atoms with Crippen LogP contribution >= 0.6 is 0 Å². The molecule has 3 fully saturated rings. The second-order valence-corrected chi connectivity index (χ2v) is 12.9. The van der Waals surface area contributed by atoms with Gasteiger partial charge in [0.05, 0.1) is 23.1 Å². The highest BCUT2D eigenvalue weighted by molar-refractivity contribution is 5.92. The van der Waals surface area contributed by atoms with Crippen LogP contribution in [0, 0.1) is 34.5 Å². The topological polar surface area (TPSA) is 67.2 Å². The number of aromatic nitrogens is 2. The highest BCUT2D eigenvalue weighted by atomic mass is 19.4. The van der Waals surface area contributed by atoms with Crippen LogP contribution in [0.5, 0.6) is 0 Å². The number of halogens is 4. The van der Waals surface area contributed by atoms with Gasteiger partial charge >= 0.3 is 6.18 Å². The van der Waals surface area contributed by atoms with Gasteiger partial charge in [-0.1, -0.05) is 13.8 Å². The van der Waals surface area contributed by atoms with Gasteiger partial charge < -0.3 is 14.8 Å². The number of hydrogen-bond acceptors (Lipinski definition) is 3. The lowest BCUT2D eigenvalue weighted by atomic mass is 9.47. The van der Waals surface area contributed by atoms with E-state index in [0.29, 0.717) is 23.2 Å². The van der Waals surface area contributed by atoms with E-state index in [9.17, 15) is 27.2 Å². The molecule has 3 aliphatic carbocycles. The van der Waals surface area contributed by atoms with Gasteiger partial charge in [0.25, 0.3) is 5.91 Å². The molecule has 2 amide bonds. The van der Waals surface area contributed by atoms with E-state index in [1.165, 1.54) is 6.07 Å². The third-order valence-corrected chi connectivity index (χ3v) is 11.2. The smallest absolute Gasteiger partial charge is 0.349 e. The normalized spacial score (nSPS) is 35.7. The Labute approximate surface area is 231 Å². The van der Waals surface area contributed by atoms with Crippen molar-refractivity contribution < 1.29 is 27.2 Å². The van der Waals surface area contributed by atoms with Crippen LogP contribution in [0.25, 0.3) is 11.0 Å². The Morgan fingerprint density at radius 2 is 1.85 bits per heavy atom. The van der Waals surface area contributed by atoms with Crippen molar-refractivity contribution >= 4 is 22.8 Å². The Hall–Kier alpha value is -2.91.